The molecule has 0 radical (unpaired) electrons. The first kappa shape index (κ1) is 24.2. The van der Waals surface area contributed by atoms with Gasteiger partial charge >= 0.3 is 0 Å². The van der Waals surface area contributed by atoms with E-state index in [1.54, 1.807) is 12.1 Å². The average molecular weight is 460 g/mol. The predicted molar refractivity (Wildman–Crippen MR) is 125 cm³/mol. The Morgan fingerprint density at radius 2 is 1.75 bits per heavy atom. The molecule has 2 aromatic carbocycles. The van der Waals surface area contributed by atoms with Crippen LogP contribution in [0.25, 0.3) is 0 Å². The Hall–Kier alpha value is -2.42. The van der Waals surface area contributed by atoms with Crippen molar-refractivity contribution in [1.29, 1.82) is 0 Å². The van der Waals surface area contributed by atoms with Gasteiger partial charge in [0.1, 0.15) is 5.75 Å². The van der Waals surface area contributed by atoms with Gasteiger partial charge in [-0.15, -0.1) is 0 Å². The van der Waals surface area contributed by atoms with Gasteiger partial charge in [0.25, 0.3) is 0 Å². The number of carbonyl (C=O) groups is 1. The van der Waals surface area contributed by atoms with E-state index < -0.39 is 10.0 Å². The minimum atomic E-state index is -3.55. The standard InChI is InChI=1S/C24H33N3O4S/c1-26(2)32(29,30)22-11-12-23(31-3)19(16-22)10-13-24(28)25-17-20-8-4-5-9-21(20)18-27-14-6-7-15-27/h4-5,8-9,11-12,16H,6-7,10,13-15,17-18H2,1-3H3,(H,25,28). The normalized spacial score (nSPS) is 14.6. The maximum Gasteiger partial charge on any atom is 0.242 e. The molecule has 0 bridgehead atoms. The third kappa shape index (κ3) is 6.09. The van der Waals surface area contributed by atoms with E-state index in [2.05, 4.69) is 22.3 Å². The van der Waals surface area contributed by atoms with Crippen LogP contribution >= 0.6 is 0 Å². The Kier molecular flexibility index (Phi) is 8.28. The van der Waals surface area contributed by atoms with Crippen molar-refractivity contribution in [2.45, 2.75) is 43.7 Å². The lowest BCUT2D eigenvalue weighted by Crippen LogP contribution is -2.25. The first-order chi connectivity index (χ1) is 15.3. The van der Waals surface area contributed by atoms with Gasteiger partial charge in [-0.25, -0.2) is 12.7 Å². The van der Waals surface area contributed by atoms with E-state index in [4.69, 9.17) is 4.74 Å². The van der Waals surface area contributed by atoms with E-state index >= 15 is 0 Å². The number of hydrogen-bond donors (Lipinski definition) is 1. The van der Waals surface area contributed by atoms with Gasteiger partial charge in [-0.05, 0) is 67.2 Å². The van der Waals surface area contributed by atoms with Gasteiger partial charge in [-0.3, -0.25) is 9.69 Å². The van der Waals surface area contributed by atoms with Gasteiger partial charge in [-0.2, -0.15) is 0 Å². The van der Waals surface area contributed by atoms with Crippen LogP contribution in [0.5, 0.6) is 5.75 Å². The summed E-state index contributed by atoms with van der Waals surface area (Å²) >= 11 is 0. The second-order valence-electron chi connectivity index (χ2n) is 8.29. The Morgan fingerprint density at radius 1 is 1.06 bits per heavy atom. The van der Waals surface area contributed by atoms with Crippen molar-refractivity contribution in [3.05, 3.63) is 59.2 Å². The molecule has 1 aliphatic heterocycles. The molecular formula is C24H33N3O4S. The summed E-state index contributed by atoms with van der Waals surface area (Å²) in [6, 6.07) is 13.0. The molecule has 3 rings (SSSR count). The highest BCUT2D eigenvalue weighted by Crippen LogP contribution is 2.25. The highest BCUT2D eigenvalue weighted by molar-refractivity contribution is 7.89. The van der Waals surface area contributed by atoms with Crippen LogP contribution in [-0.2, 0) is 34.3 Å². The van der Waals surface area contributed by atoms with E-state index in [0.29, 0.717) is 24.3 Å². The molecule has 7 nitrogen and oxygen atoms in total. The molecule has 174 valence electrons. The summed E-state index contributed by atoms with van der Waals surface area (Å²) in [7, 11) is 0.976. The summed E-state index contributed by atoms with van der Waals surface area (Å²) < 4.78 is 31.4. The van der Waals surface area contributed by atoms with Gasteiger partial charge in [0.05, 0.1) is 12.0 Å². The second-order valence-corrected chi connectivity index (χ2v) is 10.4. The first-order valence-corrected chi connectivity index (χ1v) is 12.4. The van der Waals surface area contributed by atoms with Crippen LogP contribution < -0.4 is 10.1 Å². The number of aryl methyl sites for hydroxylation is 1. The molecule has 1 amide bonds. The van der Waals surface area contributed by atoms with Crippen molar-refractivity contribution in [2.75, 3.05) is 34.3 Å². The van der Waals surface area contributed by atoms with Crippen molar-refractivity contribution in [2.24, 2.45) is 0 Å². The number of nitrogens with one attached hydrogen (secondary N) is 1. The Bertz CT molecular complexity index is 1030. The van der Waals surface area contributed by atoms with Gasteiger partial charge in [0.2, 0.25) is 15.9 Å². The van der Waals surface area contributed by atoms with Crippen molar-refractivity contribution in [3.63, 3.8) is 0 Å². The van der Waals surface area contributed by atoms with Crippen molar-refractivity contribution >= 4 is 15.9 Å². The number of benzene rings is 2. The molecule has 1 aliphatic rings. The number of nitrogens with zero attached hydrogens (tertiary/aromatic N) is 2. The summed E-state index contributed by atoms with van der Waals surface area (Å²) in [5.74, 6) is 0.496. The lowest BCUT2D eigenvalue weighted by molar-refractivity contribution is -0.121. The highest BCUT2D eigenvalue weighted by atomic mass is 32.2. The molecule has 2 aromatic rings. The molecule has 0 aliphatic carbocycles. The molecule has 0 unspecified atom stereocenters. The van der Waals surface area contributed by atoms with Crippen LogP contribution in [0.1, 0.15) is 36.0 Å². The molecular weight excluding hydrogens is 426 g/mol. The van der Waals surface area contributed by atoms with Gasteiger partial charge in [-0.1, -0.05) is 24.3 Å². The van der Waals surface area contributed by atoms with E-state index in [1.165, 1.54) is 50.0 Å². The van der Waals surface area contributed by atoms with Crippen molar-refractivity contribution in [3.8, 4) is 5.75 Å². The highest BCUT2D eigenvalue weighted by Gasteiger charge is 2.19. The number of likely N-dealkylation sites (tertiary alicyclic amines) is 1. The van der Waals surface area contributed by atoms with Gasteiger partial charge in [0.15, 0.2) is 0 Å². The first-order valence-electron chi connectivity index (χ1n) is 11.0. The number of sulfonamides is 1. The number of rotatable bonds is 10. The zero-order valence-electron chi connectivity index (χ0n) is 19.1. The molecule has 0 saturated carbocycles. The summed E-state index contributed by atoms with van der Waals surface area (Å²) in [6.45, 7) is 3.65. The Labute approximate surface area is 191 Å². The van der Waals surface area contributed by atoms with Crippen LogP contribution in [0.15, 0.2) is 47.4 Å². The number of methoxy groups -OCH3 is 1. The topological polar surface area (TPSA) is 79.0 Å². The minimum absolute atomic E-state index is 0.0797. The van der Waals surface area contributed by atoms with Crippen LogP contribution in [0, 0.1) is 0 Å². The molecule has 1 saturated heterocycles. The van der Waals surface area contributed by atoms with Crippen LogP contribution in [-0.4, -0.2) is 57.8 Å². The minimum Gasteiger partial charge on any atom is -0.496 e. The number of amides is 1. The van der Waals surface area contributed by atoms with Crippen LogP contribution in [0.2, 0.25) is 0 Å². The number of carbonyl (C=O) groups excluding carboxylic acids is 1. The quantitative estimate of drug-likeness (QED) is 0.591. The van der Waals surface area contributed by atoms with Crippen LogP contribution in [0.4, 0.5) is 0 Å². The van der Waals surface area contributed by atoms with E-state index in [0.717, 1.165) is 25.2 Å². The maximum absolute atomic E-state index is 12.5. The maximum atomic E-state index is 12.5. The van der Waals surface area contributed by atoms with Crippen molar-refractivity contribution in [1.82, 2.24) is 14.5 Å². The zero-order valence-corrected chi connectivity index (χ0v) is 20.0. The summed E-state index contributed by atoms with van der Waals surface area (Å²) in [4.78, 5) is 15.2. The fourth-order valence-electron chi connectivity index (χ4n) is 3.92. The smallest absolute Gasteiger partial charge is 0.242 e. The molecule has 0 aromatic heterocycles. The molecule has 8 heteroatoms. The fourth-order valence-corrected chi connectivity index (χ4v) is 4.87. The molecule has 1 N–H and O–H groups in total. The van der Waals surface area contributed by atoms with Gasteiger partial charge < -0.3 is 10.1 Å². The molecule has 32 heavy (non-hydrogen) atoms. The van der Waals surface area contributed by atoms with Crippen molar-refractivity contribution < 1.29 is 17.9 Å². The Balaban J connectivity index is 1.61. The summed E-state index contributed by atoms with van der Waals surface area (Å²) in [5.41, 5.74) is 3.07. The predicted octanol–water partition coefficient (Wildman–Crippen LogP) is 2.79. The zero-order chi connectivity index (χ0) is 23.1. The summed E-state index contributed by atoms with van der Waals surface area (Å²) in [6.07, 6.45) is 3.14. The lowest BCUT2D eigenvalue weighted by Gasteiger charge is -2.18. The van der Waals surface area contributed by atoms with Crippen LogP contribution in [0.3, 0.4) is 0 Å². The van der Waals surface area contributed by atoms with E-state index in [9.17, 15) is 13.2 Å². The molecule has 0 spiro atoms. The number of hydrogen-bond acceptors (Lipinski definition) is 5. The molecule has 1 fully saturated rings. The second kappa shape index (κ2) is 10.9. The third-order valence-electron chi connectivity index (χ3n) is 5.84. The molecule has 0 atom stereocenters. The monoisotopic (exact) mass is 459 g/mol. The summed E-state index contributed by atoms with van der Waals surface area (Å²) in [5, 5.41) is 3.01. The average Bonchev–Trinajstić information content (AvgIpc) is 3.29. The Morgan fingerprint density at radius 3 is 2.41 bits per heavy atom. The third-order valence-corrected chi connectivity index (χ3v) is 7.65. The van der Waals surface area contributed by atoms with Gasteiger partial charge in [0, 0.05) is 33.6 Å². The lowest BCUT2D eigenvalue weighted by atomic mass is 10.1. The number of ether oxygens (including phenoxy) is 1. The van der Waals surface area contributed by atoms with E-state index in [1.807, 2.05) is 12.1 Å². The molecule has 1 heterocycles. The SMILES string of the molecule is COc1ccc(S(=O)(=O)N(C)C)cc1CCC(=O)NCc1ccccc1CN1CCCC1. The van der Waals surface area contributed by atoms with E-state index in [-0.39, 0.29) is 17.2 Å². The fraction of sp³-hybridized carbons (Fsp3) is 0.458. The largest absolute Gasteiger partial charge is 0.496 e.